The van der Waals surface area contributed by atoms with Crippen LogP contribution in [0.1, 0.15) is 24.2 Å². The van der Waals surface area contributed by atoms with E-state index in [-0.39, 0.29) is 0 Å². The molecule has 2 aromatic heterocycles. The Kier molecular flexibility index (Phi) is 5.36. The van der Waals surface area contributed by atoms with Gasteiger partial charge in [-0.2, -0.15) is 9.61 Å². The van der Waals surface area contributed by atoms with E-state index in [1.165, 1.54) is 19.4 Å². The van der Waals surface area contributed by atoms with Crippen molar-refractivity contribution in [2.24, 2.45) is 5.92 Å². The SMILES string of the molecule is COCCN1CCC[C@H](CN(C)c2cc(C)nc3cc(C)nn23)C1. The third kappa shape index (κ3) is 3.87. The van der Waals surface area contributed by atoms with Crippen molar-refractivity contribution >= 4 is 11.5 Å². The Balaban J connectivity index is 1.71. The molecule has 132 valence electrons. The maximum absolute atomic E-state index is 5.22. The molecule has 0 radical (unpaired) electrons. The Morgan fingerprint density at radius 1 is 1.29 bits per heavy atom. The first-order valence-electron chi connectivity index (χ1n) is 8.83. The lowest BCUT2D eigenvalue weighted by atomic mass is 9.97. The molecule has 0 spiro atoms. The molecule has 0 saturated carbocycles. The number of hydrogen-bond donors (Lipinski definition) is 0. The first-order chi connectivity index (χ1) is 11.6. The van der Waals surface area contributed by atoms with Gasteiger partial charge in [-0.15, -0.1) is 0 Å². The van der Waals surface area contributed by atoms with E-state index in [1.807, 2.05) is 24.4 Å². The molecule has 0 N–H and O–H groups in total. The summed E-state index contributed by atoms with van der Waals surface area (Å²) >= 11 is 0. The molecule has 1 fully saturated rings. The van der Waals surface area contributed by atoms with Gasteiger partial charge in [-0.3, -0.25) is 0 Å². The molecule has 24 heavy (non-hydrogen) atoms. The average molecular weight is 331 g/mol. The molecule has 1 aliphatic rings. The number of likely N-dealkylation sites (tertiary alicyclic amines) is 1. The van der Waals surface area contributed by atoms with Crippen molar-refractivity contribution in [2.75, 3.05) is 51.8 Å². The lowest BCUT2D eigenvalue weighted by Gasteiger charge is -2.35. The van der Waals surface area contributed by atoms with E-state index in [9.17, 15) is 0 Å². The molecular formula is C18H29N5O. The quantitative estimate of drug-likeness (QED) is 0.811. The molecule has 0 aromatic carbocycles. The maximum atomic E-state index is 5.22. The van der Waals surface area contributed by atoms with Crippen molar-refractivity contribution in [3.63, 3.8) is 0 Å². The Bertz CT molecular complexity index is 683. The molecule has 6 nitrogen and oxygen atoms in total. The number of aryl methyl sites for hydroxylation is 2. The van der Waals surface area contributed by atoms with E-state index in [2.05, 4.69) is 33.0 Å². The van der Waals surface area contributed by atoms with Gasteiger partial charge in [0.05, 0.1) is 12.3 Å². The smallest absolute Gasteiger partial charge is 0.157 e. The molecule has 3 rings (SSSR count). The monoisotopic (exact) mass is 331 g/mol. The minimum Gasteiger partial charge on any atom is -0.383 e. The largest absolute Gasteiger partial charge is 0.383 e. The molecule has 1 saturated heterocycles. The van der Waals surface area contributed by atoms with Crippen molar-refractivity contribution in [1.29, 1.82) is 0 Å². The topological polar surface area (TPSA) is 45.9 Å². The third-order valence-corrected chi connectivity index (χ3v) is 4.80. The van der Waals surface area contributed by atoms with Gasteiger partial charge in [-0.25, -0.2) is 4.98 Å². The zero-order chi connectivity index (χ0) is 17.1. The standard InChI is InChI=1S/C18H29N5O/c1-14-11-18(23-17(19-14)10-15(2)20-23)21(3)12-16-6-5-7-22(13-16)8-9-24-4/h10-11,16H,5-9,12-13H2,1-4H3/t16-/m1/s1. The fraction of sp³-hybridized carbons (Fsp3) is 0.667. The van der Waals surface area contributed by atoms with E-state index in [4.69, 9.17) is 4.74 Å². The van der Waals surface area contributed by atoms with E-state index < -0.39 is 0 Å². The Morgan fingerprint density at radius 3 is 2.92 bits per heavy atom. The highest BCUT2D eigenvalue weighted by Crippen LogP contribution is 2.22. The van der Waals surface area contributed by atoms with Gasteiger partial charge in [0.2, 0.25) is 0 Å². The Labute approximate surface area is 144 Å². The number of anilines is 1. The third-order valence-electron chi connectivity index (χ3n) is 4.80. The number of nitrogens with zero attached hydrogens (tertiary/aromatic N) is 5. The summed E-state index contributed by atoms with van der Waals surface area (Å²) in [6, 6.07) is 4.17. The van der Waals surface area contributed by atoms with Gasteiger partial charge in [0.25, 0.3) is 0 Å². The van der Waals surface area contributed by atoms with Crippen LogP contribution < -0.4 is 4.90 Å². The normalized spacial score (nSPS) is 19.1. The van der Waals surface area contributed by atoms with Crippen molar-refractivity contribution in [2.45, 2.75) is 26.7 Å². The summed E-state index contributed by atoms with van der Waals surface area (Å²) in [6.07, 6.45) is 2.56. The summed E-state index contributed by atoms with van der Waals surface area (Å²) in [6.45, 7) is 9.31. The van der Waals surface area contributed by atoms with Crippen molar-refractivity contribution in [3.8, 4) is 0 Å². The van der Waals surface area contributed by atoms with Crippen molar-refractivity contribution < 1.29 is 4.74 Å². The second kappa shape index (κ2) is 7.49. The zero-order valence-corrected chi connectivity index (χ0v) is 15.3. The number of hydrogen-bond acceptors (Lipinski definition) is 5. The molecule has 3 heterocycles. The summed E-state index contributed by atoms with van der Waals surface area (Å²) < 4.78 is 7.19. The van der Waals surface area contributed by atoms with Gasteiger partial charge in [0.15, 0.2) is 5.65 Å². The highest BCUT2D eigenvalue weighted by atomic mass is 16.5. The highest BCUT2D eigenvalue weighted by molar-refractivity contribution is 5.51. The summed E-state index contributed by atoms with van der Waals surface area (Å²) in [4.78, 5) is 9.44. The van der Waals surface area contributed by atoms with Crippen molar-refractivity contribution in [3.05, 3.63) is 23.5 Å². The summed E-state index contributed by atoms with van der Waals surface area (Å²) in [5.41, 5.74) is 2.97. The summed E-state index contributed by atoms with van der Waals surface area (Å²) in [5.74, 6) is 1.81. The molecule has 2 aromatic rings. The van der Waals surface area contributed by atoms with Crippen molar-refractivity contribution in [1.82, 2.24) is 19.5 Å². The van der Waals surface area contributed by atoms with Crippen LogP contribution in [0, 0.1) is 19.8 Å². The number of ether oxygens (including phenoxy) is 1. The minimum atomic E-state index is 0.681. The number of piperidine rings is 1. The number of rotatable bonds is 6. The van der Waals surface area contributed by atoms with Crippen LogP contribution in [0.4, 0.5) is 5.82 Å². The first-order valence-corrected chi connectivity index (χ1v) is 8.83. The minimum absolute atomic E-state index is 0.681. The van der Waals surface area contributed by atoms with Gasteiger partial charge in [0.1, 0.15) is 5.82 Å². The lowest BCUT2D eigenvalue weighted by Crippen LogP contribution is -2.41. The van der Waals surface area contributed by atoms with Gasteiger partial charge in [-0.05, 0) is 39.2 Å². The molecule has 1 atom stereocenters. The van der Waals surface area contributed by atoms with Crippen LogP contribution in [0.5, 0.6) is 0 Å². The Morgan fingerprint density at radius 2 is 2.12 bits per heavy atom. The van der Waals surface area contributed by atoms with E-state index in [0.29, 0.717) is 5.92 Å². The van der Waals surface area contributed by atoms with Crippen LogP contribution >= 0.6 is 0 Å². The second-order valence-corrected chi connectivity index (χ2v) is 6.99. The average Bonchev–Trinajstić information content (AvgIpc) is 2.92. The zero-order valence-electron chi connectivity index (χ0n) is 15.3. The number of methoxy groups -OCH3 is 1. The molecule has 0 amide bonds. The molecule has 0 bridgehead atoms. The van der Waals surface area contributed by atoms with Gasteiger partial charge >= 0.3 is 0 Å². The van der Waals surface area contributed by atoms with Crippen LogP contribution in [0.15, 0.2) is 12.1 Å². The number of aromatic nitrogens is 3. The predicted octanol–water partition coefficient (Wildman–Crippen LogP) is 2.14. The molecule has 0 aliphatic carbocycles. The van der Waals surface area contributed by atoms with Gasteiger partial charge in [0, 0.05) is 51.6 Å². The summed E-state index contributed by atoms with van der Waals surface area (Å²) in [5, 5.41) is 4.61. The second-order valence-electron chi connectivity index (χ2n) is 6.99. The van der Waals surface area contributed by atoms with E-state index in [1.54, 1.807) is 7.11 Å². The molecule has 6 heteroatoms. The first kappa shape index (κ1) is 17.2. The van der Waals surface area contributed by atoms with Gasteiger partial charge in [-0.1, -0.05) is 0 Å². The predicted molar refractivity (Wildman–Crippen MR) is 96.8 cm³/mol. The molecule has 0 unspecified atom stereocenters. The molecular weight excluding hydrogens is 302 g/mol. The fourth-order valence-corrected chi connectivity index (χ4v) is 3.67. The van der Waals surface area contributed by atoms with E-state index in [0.717, 1.165) is 49.1 Å². The van der Waals surface area contributed by atoms with Crippen LogP contribution in [0.2, 0.25) is 0 Å². The summed E-state index contributed by atoms with van der Waals surface area (Å²) in [7, 11) is 3.94. The van der Waals surface area contributed by atoms with E-state index >= 15 is 0 Å². The Hall–Kier alpha value is -1.66. The van der Waals surface area contributed by atoms with Gasteiger partial charge < -0.3 is 14.5 Å². The maximum Gasteiger partial charge on any atom is 0.157 e. The van der Waals surface area contributed by atoms with Crippen LogP contribution in [-0.2, 0) is 4.74 Å². The molecule has 1 aliphatic heterocycles. The fourth-order valence-electron chi connectivity index (χ4n) is 3.67. The van der Waals surface area contributed by atoms with Crippen LogP contribution in [0.3, 0.4) is 0 Å². The number of fused-ring (bicyclic) bond motifs is 1. The van der Waals surface area contributed by atoms with Crippen LogP contribution in [0.25, 0.3) is 5.65 Å². The highest BCUT2D eigenvalue weighted by Gasteiger charge is 2.22. The lowest BCUT2D eigenvalue weighted by molar-refractivity contribution is 0.116. The van der Waals surface area contributed by atoms with Crippen LogP contribution in [-0.4, -0.2) is 66.4 Å².